The molecule has 1 aromatic rings. The predicted octanol–water partition coefficient (Wildman–Crippen LogP) is -1.08. The molecule has 1 heterocycles. The summed E-state index contributed by atoms with van der Waals surface area (Å²) in [4.78, 5) is 9.73. The van der Waals surface area contributed by atoms with Crippen LogP contribution in [0, 0.1) is 0 Å². The van der Waals surface area contributed by atoms with Gasteiger partial charge in [-0.1, -0.05) is 5.21 Å². The molecule has 0 fully saturated rings. The van der Waals surface area contributed by atoms with Crippen LogP contribution < -0.4 is 0 Å². The molecular weight excluding hydrogens is 122 g/mol. The molecule has 9 heavy (non-hydrogen) atoms. The highest BCUT2D eigenvalue weighted by molar-refractivity contribution is 5.49. The van der Waals surface area contributed by atoms with Crippen molar-refractivity contribution < 1.29 is 9.90 Å². The summed E-state index contributed by atoms with van der Waals surface area (Å²) in [5.41, 5.74) is 0. The fourth-order valence-electron chi connectivity index (χ4n) is 0.274. The molecule has 1 rings (SSSR count). The highest BCUT2D eigenvalue weighted by atomic mass is 16.2. The van der Waals surface area contributed by atoms with Crippen LogP contribution in [-0.2, 0) is 4.79 Å². The lowest BCUT2D eigenvalue weighted by Crippen LogP contribution is -1.93. The van der Waals surface area contributed by atoms with E-state index in [-0.39, 0.29) is 0 Å². The summed E-state index contributed by atoms with van der Waals surface area (Å²) >= 11 is 0. The first-order valence-electron chi connectivity index (χ1n) is 2.19. The van der Waals surface area contributed by atoms with Crippen molar-refractivity contribution in [2.75, 3.05) is 7.11 Å². The number of rotatable bonds is 1. The maximum absolute atomic E-state index is 9.73. The van der Waals surface area contributed by atoms with E-state index in [1.807, 2.05) is 0 Å². The molecule has 0 unspecified atom stereocenters. The van der Waals surface area contributed by atoms with Crippen molar-refractivity contribution in [3.8, 4) is 0 Å². The average Bonchev–Trinajstić information content (AvgIpc) is 2.43. The minimum atomic E-state index is 0.576. The predicted molar refractivity (Wildman–Crippen MR) is 30.3 cm³/mol. The van der Waals surface area contributed by atoms with Crippen LogP contribution in [0.15, 0.2) is 12.4 Å². The van der Waals surface area contributed by atoms with E-state index in [0.29, 0.717) is 6.41 Å². The molecule has 0 aliphatic heterocycles. The second-order valence-corrected chi connectivity index (χ2v) is 0.988. The number of aliphatic hydroxyl groups is 1. The molecule has 0 aliphatic rings. The Hall–Kier alpha value is -1.23. The Bertz CT molecular complexity index is 149. The Labute approximate surface area is 51.9 Å². The topological polar surface area (TPSA) is 68.0 Å². The van der Waals surface area contributed by atoms with E-state index in [1.165, 1.54) is 12.4 Å². The summed E-state index contributed by atoms with van der Waals surface area (Å²) in [7, 11) is 1.00. The number of hydrogen-bond donors (Lipinski definition) is 1. The zero-order valence-electron chi connectivity index (χ0n) is 4.93. The van der Waals surface area contributed by atoms with Crippen molar-refractivity contribution >= 4 is 6.41 Å². The minimum absolute atomic E-state index is 0.576. The second-order valence-electron chi connectivity index (χ2n) is 0.988. The van der Waals surface area contributed by atoms with E-state index < -0.39 is 0 Å². The third-order valence-corrected chi connectivity index (χ3v) is 0.549. The average molecular weight is 129 g/mol. The Balaban J connectivity index is 0.000000291. The van der Waals surface area contributed by atoms with Crippen LogP contribution in [0.3, 0.4) is 0 Å². The van der Waals surface area contributed by atoms with E-state index in [2.05, 4.69) is 10.3 Å². The van der Waals surface area contributed by atoms with Crippen molar-refractivity contribution in [2.45, 2.75) is 0 Å². The summed E-state index contributed by atoms with van der Waals surface area (Å²) in [6.45, 7) is 0. The number of aliphatic hydroxyl groups excluding tert-OH is 1. The molecule has 0 atom stereocenters. The van der Waals surface area contributed by atoms with Gasteiger partial charge in [0.1, 0.15) is 0 Å². The highest BCUT2D eigenvalue weighted by Gasteiger charge is 1.78. The van der Waals surface area contributed by atoms with Crippen molar-refractivity contribution in [1.82, 2.24) is 15.0 Å². The van der Waals surface area contributed by atoms with Gasteiger partial charge in [-0.25, -0.2) is 0 Å². The van der Waals surface area contributed by atoms with Crippen molar-refractivity contribution in [2.24, 2.45) is 0 Å². The lowest BCUT2D eigenvalue weighted by molar-refractivity contribution is 0.399. The summed E-state index contributed by atoms with van der Waals surface area (Å²) in [6.07, 6.45) is 3.48. The van der Waals surface area contributed by atoms with Gasteiger partial charge < -0.3 is 5.11 Å². The molecule has 50 valence electrons. The largest absolute Gasteiger partial charge is 0.400 e. The van der Waals surface area contributed by atoms with Gasteiger partial charge in [-0.3, -0.25) is 4.79 Å². The SMILES string of the molecule is CO.O=Cn1ccnn1. The van der Waals surface area contributed by atoms with Crippen LogP contribution in [0.25, 0.3) is 0 Å². The van der Waals surface area contributed by atoms with Gasteiger partial charge in [-0.2, -0.15) is 4.68 Å². The van der Waals surface area contributed by atoms with Gasteiger partial charge in [0.05, 0.1) is 12.4 Å². The maximum Gasteiger partial charge on any atom is 0.235 e. The van der Waals surface area contributed by atoms with Crippen LogP contribution in [0.5, 0.6) is 0 Å². The van der Waals surface area contributed by atoms with E-state index >= 15 is 0 Å². The summed E-state index contributed by atoms with van der Waals surface area (Å²) < 4.78 is 1.08. The van der Waals surface area contributed by atoms with Gasteiger partial charge >= 0.3 is 0 Å². The van der Waals surface area contributed by atoms with E-state index in [0.717, 1.165) is 11.8 Å². The molecule has 0 aliphatic carbocycles. The molecule has 5 nitrogen and oxygen atoms in total. The quantitative estimate of drug-likeness (QED) is 0.490. The van der Waals surface area contributed by atoms with Gasteiger partial charge in [0.2, 0.25) is 6.41 Å². The minimum Gasteiger partial charge on any atom is -0.400 e. The van der Waals surface area contributed by atoms with Crippen LogP contribution in [0.1, 0.15) is 0 Å². The standard InChI is InChI=1S/C3H3N3O.CH4O/c7-3-6-2-1-4-5-6;1-2/h1-3H;2H,1H3. The van der Waals surface area contributed by atoms with Gasteiger partial charge in [0, 0.05) is 7.11 Å². The molecule has 0 radical (unpaired) electrons. The zero-order valence-corrected chi connectivity index (χ0v) is 4.93. The molecule has 0 spiro atoms. The third kappa shape index (κ3) is 2.55. The molecular formula is C4H7N3O2. The zero-order chi connectivity index (χ0) is 7.11. The van der Waals surface area contributed by atoms with Crippen LogP contribution in [0.4, 0.5) is 0 Å². The smallest absolute Gasteiger partial charge is 0.235 e. The molecule has 1 aromatic heterocycles. The Morgan fingerprint density at radius 3 is 2.56 bits per heavy atom. The monoisotopic (exact) mass is 129 g/mol. The van der Waals surface area contributed by atoms with Gasteiger partial charge in [-0.15, -0.1) is 5.10 Å². The fraction of sp³-hybridized carbons (Fsp3) is 0.250. The number of carbonyl (C=O) groups is 1. The van der Waals surface area contributed by atoms with Crippen LogP contribution in [0.2, 0.25) is 0 Å². The van der Waals surface area contributed by atoms with Gasteiger partial charge in [0.25, 0.3) is 0 Å². The van der Waals surface area contributed by atoms with E-state index in [9.17, 15) is 4.79 Å². The number of hydrogen-bond acceptors (Lipinski definition) is 4. The maximum atomic E-state index is 9.73. The van der Waals surface area contributed by atoms with Gasteiger partial charge in [0.15, 0.2) is 0 Å². The molecule has 0 saturated heterocycles. The highest BCUT2D eigenvalue weighted by Crippen LogP contribution is 1.67. The molecule has 5 heteroatoms. The van der Waals surface area contributed by atoms with Gasteiger partial charge in [-0.05, 0) is 0 Å². The summed E-state index contributed by atoms with van der Waals surface area (Å²) in [5, 5.41) is 13.7. The van der Waals surface area contributed by atoms with E-state index in [1.54, 1.807) is 0 Å². The lowest BCUT2D eigenvalue weighted by Gasteiger charge is -1.73. The van der Waals surface area contributed by atoms with Crippen molar-refractivity contribution in [1.29, 1.82) is 0 Å². The number of aromatic nitrogens is 3. The fourth-order valence-corrected chi connectivity index (χ4v) is 0.274. The third-order valence-electron chi connectivity index (χ3n) is 0.549. The molecule has 1 N–H and O–H groups in total. The Morgan fingerprint density at radius 1 is 1.67 bits per heavy atom. The Kier molecular flexibility index (Phi) is 4.25. The number of carbonyl (C=O) groups excluding carboxylic acids is 1. The lowest BCUT2D eigenvalue weighted by atomic mass is 10.9. The van der Waals surface area contributed by atoms with E-state index in [4.69, 9.17) is 5.11 Å². The second kappa shape index (κ2) is 4.92. The first-order valence-corrected chi connectivity index (χ1v) is 2.19. The summed E-state index contributed by atoms with van der Waals surface area (Å²) in [5.74, 6) is 0. The Morgan fingerprint density at radius 2 is 2.33 bits per heavy atom. The van der Waals surface area contributed by atoms with Crippen molar-refractivity contribution in [3.63, 3.8) is 0 Å². The molecule has 0 amide bonds. The molecule has 0 aromatic carbocycles. The van der Waals surface area contributed by atoms with Crippen molar-refractivity contribution in [3.05, 3.63) is 12.4 Å². The summed E-state index contributed by atoms with van der Waals surface area (Å²) in [6, 6.07) is 0. The first-order chi connectivity index (χ1) is 4.43. The normalized spacial score (nSPS) is 7.33. The number of nitrogens with zero attached hydrogens (tertiary/aromatic N) is 3. The molecule has 0 saturated carbocycles. The first kappa shape index (κ1) is 7.77. The van der Waals surface area contributed by atoms with Crippen LogP contribution in [-0.4, -0.2) is 33.6 Å². The molecule has 0 bridgehead atoms. The van der Waals surface area contributed by atoms with Crippen LogP contribution >= 0.6 is 0 Å².